The first kappa shape index (κ1) is 57.1. The number of ketones is 2. The number of carbonyl (C=O) groups is 6. The van der Waals surface area contributed by atoms with Gasteiger partial charge in [-0.15, -0.1) is 0 Å². The summed E-state index contributed by atoms with van der Waals surface area (Å²) in [6.45, 7) is 21.4. The van der Waals surface area contributed by atoms with Gasteiger partial charge in [-0.25, -0.2) is 9.59 Å². The molecule has 0 aromatic heterocycles. The molecule has 6 saturated carbocycles. The van der Waals surface area contributed by atoms with Crippen molar-refractivity contribution in [3.05, 3.63) is 70.8 Å². The number of ether oxygens (including phenoxy) is 1. The summed E-state index contributed by atoms with van der Waals surface area (Å²) < 4.78 is 5.62. The highest BCUT2D eigenvalue weighted by Crippen LogP contribution is 2.65. The molecule has 0 saturated heterocycles. The van der Waals surface area contributed by atoms with Crippen LogP contribution in [0.4, 0.5) is 0 Å². The number of halogens is 2. The molecule has 0 radical (unpaired) electrons. The summed E-state index contributed by atoms with van der Waals surface area (Å²) >= 11 is 9.57. The van der Waals surface area contributed by atoms with Gasteiger partial charge in [-0.05, 0) is 118 Å². The van der Waals surface area contributed by atoms with Gasteiger partial charge in [0, 0.05) is 71.9 Å². The van der Waals surface area contributed by atoms with Crippen LogP contribution in [0, 0.1) is 34.5 Å². The van der Waals surface area contributed by atoms with Crippen molar-refractivity contribution in [2.75, 3.05) is 0 Å². The maximum atomic E-state index is 12.8. The maximum absolute atomic E-state index is 12.8. The molecule has 69 heavy (non-hydrogen) atoms. The normalized spacial score (nSPS) is 23.2. The van der Waals surface area contributed by atoms with Gasteiger partial charge in [-0.2, -0.15) is 0 Å². The van der Waals surface area contributed by atoms with Crippen molar-refractivity contribution in [3.63, 3.8) is 0 Å². The molecule has 0 amide bonds. The van der Waals surface area contributed by atoms with E-state index in [2.05, 4.69) is 69.2 Å². The lowest BCUT2D eigenvalue weighted by Gasteiger charge is -2.59. The van der Waals surface area contributed by atoms with E-state index in [9.17, 15) is 44.1 Å². The third-order valence-corrected chi connectivity index (χ3v) is 16.3. The average Bonchev–Trinajstić information content (AvgIpc) is 3.24. The van der Waals surface area contributed by atoms with Crippen molar-refractivity contribution in [3.8, 4) is 23.0 Å². The monoisotopic (exact) mass is 994 g/mol. The Morgan fingerprint density at radius 3 is 1.38 bits per heavy atom. The first-order valence-electron chi connectivity index (χ1n) is 24.8. The molecule has 13 heteroatoms. The van der Waals surface area contributed by atoms with E-state index in [1.807, 2.05) is 12.1 Å². The van der Waals surface area contributed by atoms with E-state index in [1.165, 1.54) is 25.7 Å². The Labute approximate surface area is 419 Å². The molecule has 380 valence electrons. The van der Waals surface area contributed by atoms with Gasteiger partial charge < -0.3 is 25.2 Å². The molecule has 11 nitrogen and oxygen atoms in total. The largest absolute Gasteiger partial charge is 0.508 e. The lowest BCUT2D eigenvalue weighted by Crippen LogP contribution is -2.56. The second kappa shape index (κ2) is 23.6. The summed E-state index contributed by atoms with van der Waals surface area (Å²) in [7, 11) is 0. The topological polar surface area (TPSA) is 193 Å². The summed E-state index contributed by atoms with van der Waals surface area (Å²) in [5.41, 5.74) is 2.34. The Balaban J connectivity index is 0.000000264. The van der Waals surface area contributed by atoms with Crippen molar-refractivity contribution >= 4 is 57.2 Å². The Kier molecular flexibility index (Phi) is 19.5. The van der Waals surface area contributed by atoms with Crippen molar-refractivity contribution in [2.24, 2.45) is 34.5 Å². The minimum Gasteiger partial charge on any atom is -0.508 e. The predicted octanol–water partition coefficient (Wildman–Crippen LogP) is 13.0. The Morgan fingerprint density at radius 2 is 1.01 bits per heavy atom. The fourth-order valence-electron chi connectivity index (χ4n) is 11.5. The van der Waals surface area contributed by atoms with E-state index >= 15 is 0 Å². The van der Waals surface area contributed by atoms with Gasteiger partial charge in [0.2, 0.25) is 10.5 Å². The minimum atomic E-state index is -1.25. The number of phenolic OH excluding ortho intramolecular Hbond substituents is 3. The number of fused-ring (bicyclic) bond motifs is 4. The molecule has 2 aromatic rings. The van der Waals surface area contributed by atoms with E-state index in [0.29, 0.717) is 29.9 Å². The second-order valence-electron chi connectivity index (χ2n) is 22.2. The molecule has 6 aliphatic rings. The summed E-state index contributed by atoms with van der Waals surface area (Å²) in [5.74, 6) is -0.616. The molecule has 4 N–H and O–H groups in total. The number of carbonyl (C=O) groups excluding carboxylic acids is 5. The van der Waals surface area contributed by atoms with Gasteiger partial charge in [0.15, 0.2) is 0 Å². The van der Waals surface area contributed by atoms with Crippen molar-refractivity contribution in [1.29, 1.82) is 0 Å². The highest BCUT2D eigenvalue weighted by molar-refractivity contribution is 6.69. The Hall–Kier alpha value is -4.48. The highest BCUT2D eigenvalue weighted by atomic mass is 35.5. The van der Waals surface area contributed by atoms with Crippen LogP contribution < -0.4 is 4.74 Å². The Morgan fingerprint density at radius 1 is 0.623 bits per heavy atom. The number of hydrogen-bond acceptors (Lipinski definition) is 10. The van der Waals surface area contributed by atoms with Crippen LogP contribution >= 0.6 is 23.2 Å². The summed E-state index contributed by atoms with van der Waals surface area (Å²) in [5, 5.41) is 40.3. The van der Waals surface area contributed by atoms with Gasteiger partial charge in [0.25, 0.3) is 0 Å². The number of allylic oxidation sites excluding steroid dienone is 2. The number of phenols is 3. The minimum absolute atomic E-state index is 0.0306. The Bertz CT molecular complexity index is 2250. The number of aromatic hydroxyl groups is 3. The molecule has 2 aromatic carbocycles. The van der Waals surface area contributed by atoms with E-state index in [1.54, 1.807) is 12.1 Å². The number of hydrogen-bond donors (Lipinski definition) is 4. The number of rotatable bonds is 19. The molecule has 4 bridgehead atoms. The molecule has 6 fully saturated rings. The van der Waals surface area contributed by atoms with Crippen LogP contribution in [0.15, 0.2) is 48.6 Å². The number of aliphatic carboxylic acids is 1. The van der Waals surface area contributed by atoms with Crippen LogP contribution in [-0.4, -0.2) is 54.4 Å². The number of esters is 1. The zero-order valence-corrected chi connectivity index (χ0v) is 43.9. The van der Waals surface area contributed by atoms with Crippen LogP contribution in [0.25, 0.3) is 0 Å². The summed E-state index contributed by atoms with van der Waals surface area (Å²) in [4.78, 5) is 68.2. The van der Waals surface area contributed by atoms with Crippen LogP contribution in [-0.2, 0) is 39.6 Å². The quantitative estimate of drug-likeness (QED) is 0.0344. The molecule has 6 aliphatic carbocycles. The van der Waals surface area contributed by atoms with Gasteiger partial charge in [-0.1, -0.05) is 121 Å². The molecular formula is C56H76Cl2O11. The van der Waals surface area contributed by atoms with Crippen LogP contribution in [0.3, 0.4) is 0 Å². The summed E-state index contributed by atoms with van der Waals surface area (Å²) in [6, 6.07) is 7.21. The number of benzene rings is 2. The van der Waals surface area contributed by atoms with Crippen molar-refractivity contribution in [2.45, 2.75) is 182 Å². The summed E-state index contributed by atoms with van der Waals surface area (Å²) in [6.07, 6.45) is 17.1. The first-order valence-corrected chi connectivity index (χ1v) is 25.5. The predicted molar refractivity (Wildman–Crippen MR) is 270 cm³/mol. The lowest BCUT2D eigenvalue weighted by atomic mass is 9.44. The third-order valence-electron chi connectivity index (χ3n) is 16.1. The maximum Gasteiger partial charge on any atom is 0.336 e. The number of carboxylic acids is 1. The van der Waals surface area contributed by atoms with Gasteiger partial charge in [0.1, 0.15) is 34.6 Å². The van der Waals surface area contributed by atoms with Crippen LogP contribution in [0.1, 0.15) is 193 Å². The van der Waals surface area contributed by atoms with E-state index in [0.717, 1.165) is 86.8 Å². The molecule has 8 rings (SSSR count). The van der Waals surface area contributed by atoms with Gasteiger partial charge in [0.05, 0.1) is 0 Å². The van der Waals surface area contributed by atoms with Gasteiger partial charge in [-0.3, -0.25) is 19.2 Å². The molecule has 0 heterocycles. The fourth-order valence-corrected chi connectivity index (χ4v) is 11.7. The standard InChI is InChI=1S/C28H38O6.C24H36O3.C4H2Cl2O2/c1-6-7-8-9-12-27(2,3)17-13-22(30)26(23(14-17)34-25(33)11-10-24(31)32)18-15-21(29)20-16-19(18)28(20,4)5;1-6-7-8-9-10-23(2,3)15-11-20(26)22(21(27)12-15)16-13-19(25)18-14-17(16)24(18,4)5;5-3(7)1-2-4(6)8/h10-11,13-14,18-20,30H,6-9,12,15-16H2,1-5H3,(H,31,32);11-12,16-18,26-27H,6-10,13-14H2,1-5H3;1-2H/b11-10+;;2-1+/t18-,19-,20+;16-,17-,18+;/m00./s1. The second-order valence-corrected chi connectivity index (χ2v) is 23.0. The van der Waals surface area contributed by atoms with Crippen molar-refractivity contribution < 1.29 is 53.9 Å². The van der Waals surface area contributed by atoms with Crippen LogP contribution in [0.2, 0.25) is 0 Å². The SMILES string of the molecule is CCCCCCC(C)(C)c1cc(O)c([C@H]2CC(=O)[C@H]3C[C@@H]2C3(C)C)c(O)c1.CCCCCCC(C)(C)c1cc(O)c([C@H]2CC(=O)[C@H]3C[C@@H]2C3(C)C)c(OC(=O)/C=C/C(=O)O)c1.O=C(Cl)/C=C/C(=O)Cl. The van der Waals surface area contributed by atoms with Crippen molar-refractivity contribution in [1.82, 2.24) is 0 Å². The lowest BCUT2D eigenvalue weighted by molar-refractivity contribution is -0.152. The molecule has 0 aliphatic heterocycles. The molecular weight excluding hydrogens is 920 g/mol. The highest BCUT2D eigenvalue weighted by Gasteiger charge is 2.60. The number of unbranched alkanes of at least 4 members (excludes halogenated alkanes) is 6. The zero-order valence-electron chi connectivity index (χ0n) is 42.4. The van der Waals surface area contributed by atoms with Gasteiger partial charge >= 0.3 is 11.9 Å². The molecule has 0 unspecified atom stereocenters. The van der Waals surface area contributed by atoms with E-state index in [-0.39, 0.29) is 85.8 Å². The first-order chi connectivity index (χ1) is 32.1. The average molecular weight is 996 g/mol. The molecule has 0 spiro atoms. The molecule has 6 atom stereocenters. The number of Topliss-reactive ketones (excluding diaryl/α,β-unsaturated/α-hetero) is 2. The third kappa shape index (κ3) is 13.9. The number of carboxylic acid groups (broad SMARTS) is 1. The van der Waals surface area contributed by atoms with E-state index < -0.39 is 22.4 Å². The van der Waals surface area contributed by atoms with E-state index in [4.69, 9.17) is 33.0 Å². The zero-order chi connectivity index (χ0) is 51.8. The fraction of sp³-hybridized carbons (Fsp3) is 0.607. The smallest absolute Gasteiger partial charge is 0.336 e. The van der Waals surface area contributed by atoms with Crippen LogP contribution in [0.5, 0.6) is 23.0 Å².